The highest BCUT2D eigenvalue weighted by atomic mass is 32.2. The molecule has 0 radical (unpaired) electrons. The number of rotatable bonds is 8. The molecule has 25 heavy (non-hydrogen) atoms. The summed E-state index contributed by atoms with van der Waals surface area (Å²) in [5.41, 5.74) is 0.174. The molecule has 1 aromatic carbocycles. The number of nitrogens with zero attached hydrogens (tertiary/aromatic N) is 3. The van der Waals surface area contributed by atoms with Crippen molar-refractivity contribution in [2.45, 2.75) is 18.4 Å². The molecule has 0 aliphatic rings. The lowest BCUT2D eigenvalue weighted by atomic mass is 10.2. The Hall–Kier alpha value is -2.26. The van der Waals surface area contributed by atoms with Gasteiger partial charge in [-0.05, 0) is 25.1 Å². The second-order valence-corrected chi connectivity index (χ2v) is 7.51. The molecule has 1 heterocycles. The van der Waals surface area contributed by atoms with Gasteiger partial charge >= 0.3 is 0 Å². The standard InChI is InChI=1S/C16H21FN4O3S/c1-13-18-8-9-21(13)11-10-20(2)25(23,24)15-5-3-4-14(12-15)16(22)19-7-6-17/h3-5,8-9,12H,6-7,10-11H2,1-2H3,(H,19,22). The number of halogens is 1. The molecule has 0 saturated carbocycles. The molecule has 0 bridgehead atoms. The summed E-state index contributed by atoms with van der Waals surface area (Å²) < 4.78 is 40.6. The Morgan fingerprint density at radius 3 is 2.80 bits per heavy atom. The summed E-state index contributed by atoms with van der Waals surface area (Å²) in [5.74, 6) is 0.295. The zero-order valence-corrected chi connectivity index (χ0v) is 15.0. The third kappa shape index (κ3) is 4.64. The summed E-state index contributed by atoms with van der Waals surface area (Å²) in [6.07, 6.45) is 3.44. The Morgan fingerprint density at radius 1 is 1.40 bits per heavy atom. The van der Waals surface area contributed by atoms with E-state index in [1.807, 2.05) is 11.5 Å². The predicted molar refractivity (Wildman–Crippen MR) is 91.5 cm³/mol. The summed E-state index contributed by atoms with van der Waals surface area (Å²) in [4.78, 5) is 16.0. The zero-order chi connectivity index (χ0) is 18.4. The lowest BCUT2D eigenvalue weighted by molar-refractivity contribution is 0.0950. The fourth-order valence-electron chi connectivity index (χ4n) is 2.25. The Morgan fingerprint density at radius 2 is 2.16 bits per heavy atom. The Balaban J connectivity index is 2.12. The highest BCUT2D eigenvalue weighted by Gasteiger charge is 2.21. The molecule has 0 fully saturated rings. The number of nitrogens with one attached hydrogen (secondary N) is 1. The van der Waals surface area contributed by atoms with E-state index in [9.17, 15) is 17.6 Å². The maximum Gasteiger partial charge on any atom is 0.251 e. The molecule has 2 rings (SSSR count). The first-order chi connectivity index (χ1) is 11.9. The molecule has 7 nitrogen and oxygen atoms in total. The van der Waals surface area contributed by atoms with E-state index in [1.165, 1.54) is 35.6 Å². The molecule has 1 aromatic heterocycles. The molecule has 1 N–H and O–H groups in total. The molecule has 0 spiro atoms. The van der Waals surface area contributed by atoms with Crippen LogP contribution >= 0.6 is 0 Å². The van der Waals surface area contributed by atoms with Crippen LogP contribution in [0, 0.1) is 6.92 Å². The SMILES string of the molecule is Cc1nccn1CCN(C)S(=O)(=O)c1cccc(C(=O)NCCF)c1. The van der Waals surface area contributed by atoms with E-state index in [0.717, 1.165) is 5.82 Å². The number of likely N-dealkylation sites (N-methyl/N-ethyl adjacent to an activating group) is 1. The van der Waals surface area contributed by atoms with Crippen LogP contribution in [-0.2, 0) is 16.6 Å². The van der Waals surface area contributed by atoms with E-state index in [-0.39, 0.29) is 23.5 Å². The maximum absolute atomic E-state index is 12.7. The quantitative estimate of drug-likeness (QED) is 0.759. The van der Waals surface area contributed by atoms with Gasteiger partial charge in [-0.25, -0.2) is 17.8 Å². The van der Waals surface area contributed by atoms with Gasteiger partial charge in [-0.3, -0.25) is 4.79 Å². The first-order valence-corrected chi connectivity index (χ1v) is 9.18. The molecule has 0 atom stereocenters. The van der Waals surface area contributed by atoms with E-state index < -0.39 is 22.6 Å². The normalized spacial score (nSPS) is 11.7. The van der Waals surface area contributed by atoms with Gasteiger partial charge in [0.15, 0.2) is 0 Å². The molecule has 0 unspecified atom stereocenters. The smallest absolute Gasteiger partial charge is 0.251 e. The third-order valence-electron chi connectivity index (χ3n) is 3.76. The largest absolute Gasteiger partial charge is 0.349 e. The summed E-state index contributed by atoms with van der Waals surface area (Å²) in [5, 5.41) is 2.37. The van der Waals surface area contributed by atoms with Gasteiger partial charge in [0.1, 0.15) is 12.5 Å². The van der Waals surface area contributed by atoms with Crippen molar-refractivity contribution in [1.82, 2.24) is 19.2 Å². The average molecular weight is 368 g/mol. The molecule has 0 aliphatic heterocycles. The second kappa shape index (κ2) is 8.21. The Labute approximate surface area is 146 Å². The lowest BCUT2D eigenvalue weighted by Crippen LogP contribution is -2.31. The predicted octanol–water partition coefficient (Wildman–Crippen LogP) is 1.21. The zero-order valence-electron chi connectivity index (χ0n) is 14.1. The van der Waals surface area contributed by atoms with Crippen molar-refractivity contribution in [2.75, 3.05) is 26.8 Å². The van der Waals surface area contributed by atoms with Gasteiger partial charge in [0.25, 0.3) is 5.91 Å². The van der Waals surface area contributed by atoms with Gasteiger partial charge in [-0.1, -0.05) is 6.07 Å². The Kier molecular flexibility index (Phi) is 6.27. The molecule has 136 valence electrons. The number of benzene rings is 1. The lowest BCUT2D eigenvalue weighted by Gasteiger charge is -2.18. The highest BCUT2D eigenvalue weighted by Crippen LogP contribution is 2.16. The van der Waals surface area contributed by atoms with Gasteiger partial charge in [0.2, 0.25) is 10.0 Å². The van der Waals surface area contributed by atoms with Crippen LogP contribution in [0.15, 0.2) is 41.6 Å². The summed E-state index contributed by atoms with van der Waals surface area (Å²) >= 11 is 0. The number of amides is 1. The van der Waals surface area contributed by atoms with Crippen LogP contribution in [0.1, 0.15) is 16.2 Å². The fraction of sp³-hybridized carbons (Fsp3) is 0.375. The second-order valence-electron chi connectivity index (χ2n) is 5.47. The van der Waals surface area contributed by atoms with Crippen LogP contribution in [0.25, 0.3) is 0 Å². The average Bonchev–Trinajstić information content (AvgIpc) is 3.02. The summed E-state index contributed by atoms with van der Waals surface area (Å²) in [7, 11) is -2.25. The number of aromatic nitrogens is 2. The summed E-state index contributed by atoms with van der Waals surface area (Å²) in [6.45, 7) is 1.78. The van der Waals surface area contributed by atoms with Gasteiger partial charge in [0, 0.05) is 44.6 Å². The number of sulfonamides is 1. The van der Waals surface area contributed by atoms with Crippen molar-refractivity contribution < 1.29 is 17.6 Å². The van der Waals surface area contributed by atoms with Crippen molar-refractivity contribution in [2.24, 2.45) is 0 Å². The molecule has 2 aromatic rings. The van der Waals surface area contributed by atoms with E-state index in [1.54, 1.807) is 12.4 Å². The highest BCUT2D eigenvalue weighted by molar-refractivity contribution is 7.89. The molecule has 0 aliphatic carbocycles. The van der Waals surface area contributed by atoms with E-state index in [4.69, 9.17) is 0 Å². The number of hydrogen-bond acceptors (Lipinski definition) is 4. The van der Waals surface area contributed by atoms with E-state index >= 15 is 0 Å². The van der Waals surface area contributed by atoms with Crippen molar-refractivity contribution in [3.8, 4) is 0 Å². The van der Waals surface area contributed by atoms with Gasteiger partial charge in [-0.15, -0.1) is 0 Å². The van der Waals surface area contributed by atoms with Gasteiger partial charge < -0.3 is 9.88 Å². The third-order valence-corrected chi connectivity index (χ3v) is 5.62. The van der Waals surface area contributed by atoms with Gasteiger partial charge in [-0.2, -0.15) is 4.31 Å². The van der Waals surface area contributed by atoms with Crippen LogP contribution in [0.2, 0.25) is 0 Å². The first-order valence-electron chi connectivity index (χ1n) is 7.74. The van der Waals surface area contributed by atoms with Crippen LogP contribution in [0.3, 0.4) is 0 Å². The first kappa shape index (κ1) is 19.1. The number of hydrogen-bond donors (Lipinski definition) is 1. The van der Waals surface area contributed by atoms with Crippen LogP contribution < -0.4 is 5.32 Å². The van der Waals surface area contributed by atoms with Crippen molar-refractivity contribution >= 4 is 15.9 Å². The number of aryl methyl sites for hydroxylation is 1. The number of carbonyl (C=O) groups excluding carboxylic acids is 1. The van der Waals surface area contributed by atoms with E-state index in [2.05, 4.69) is 10.3 Å². The monoisotopic (exact) mass is 368 g/mol. The molecule has 9 heteroatoms. The number of alkyl halides is 1. The fourth-order valence-corrected chi connectivity index (χ4v) is 3.46. The molecular weight excluding hydrogens is 347 g/mol. The number of imidazole rings is 1. The van der Waals surface area contributed by atoms with Crippen molar-refractivity contribution in [3.05, 3.63) is 48.0 Å². The topological polar surface area (TPSA) is 84.3 Å². The van der Waals surface area contributed by atoms with Crippen LogP contribution in [0.5, 0.6) is 0 Å². The minimum Gasteiger partial charge on any atom is -0.349 e. The Bertz CT molecular complexity index is 835. The van der Waals surface area contributed by atoms with Crippen molar-refractivity contribution in [1.29, 1.82) is 0 Å². The van der Waals surface area contributed by atoms with Crippen molar-refractivity contribution in [3.63, 3.8) is 0 Å². The summed E-state index contributed by atoms with van der Waals surface area (Å²) in [6, 6.07) is 5.70. The number of carbonyl (C=O) groups is 1. The van der Waals surface area contributed by atoms with Crippen LogP contribution in [0.4, 0.5) is 4.39 Å². The molecule has 1 amide bonds. The maximum atomic E-state index is 12.7. The molecule has 0 saturated heterocycles. The minimum atomic E-state index is -3.74. The van der Waals surface area contributed by atoms with Crippen LogP contribution in [-0.4, -0.2) is 55.0 Å². The molecular formula is C16H21FN4O3S. The van der Waals surface area contributed by atoms with Gasteiger partial charge in [0.05, 0.1) is 4.90 Å². The minimum absolute atomic E-state index is 0.0188. The van der Waals surface area contributed by atoms with E-state index in [0.29, 0.717) is 6.54 Å².